The summed E-state index contributed by atoms with van der Waals surface area (Å²) in [6.45, 7) is 1.10. The van der Waals surface area contributed by atoms with Gasteiger partial charge in [-0.2, -0.15) is 4.39 Å². The first-order chi connectivity index (χ1) is 19.0. The van der Waals surface area contributed by atoms with E-state index in [9.17, 15) is 23.1 Å². The molecular weight excluding hydrogens is 530 g/mol. The Morgan fingerprint density at radius 3 is 2.55 bits per heavy atom. The molecule has 2 aromatic carbocycles. The van der Waals surface area contributed by atoms with Crippen LogP contribution in [0.1, 0.15) is 37.4 Å². The lowest BCUT2D eigenvalue weighted by Crippen LogP contribution is -2.45. The number of ether oxygens (including phenoxy) is 2. The Hall–Kier alpha value is -3.60. The molecule has 3 aromatic rings. The van der Waals surface area contributed by atoms with Gasteiger partial charge in [0.1, 0.15) is 24.3 Å². The number of anilines is 1. The Balaban J connectivity index is 1.41. The molecule has 0 amide bonds. The number of halogens is 4. The lowest BCUT2D eigenvalue weighted by molar-refractivity contribution is -0.153. The van der Waals surface area contributed by atoms with Crippen LogP contribution >= 0.6 is 0 Å². The summed E-state index contributed by atoms with van der Waals surface area (Å²) >= 11 is 0. The van der Waals surface area contributed by atoms with Crippen molar-refractivity contribution >= 4 is 22.6 Å². The third-order valence-electron chi connectivity index (χ3n) is 7.66. The maximum Gasteiger partial charge on any atom is 0.309 e. The van der Waals surface area contributed by atoms with Crippen LogP contribution in [-0.4, -0.2) is 68.4 Å². The number of benzene rings is 2. The maximum absolute atomic E-state index is 16.0. The van der Waals surface area contributed by atoms with Crippen molar-refractivity contribution in [3.05, 3.63) is 59.5 Å². The largest absolute Gasteiger partial charge is 0.497 e. The van der Waals surface area contributed by atoms with Gasteiger partial charge in [-0.1, -0.05) is 0 Å². The number of piperidine rings is 1. The zero-order valence-electron chi connectivity index (χ0n) is 22.7. The van der Waals surface area contributed by atoms with Crippen LogP contribution in [0.15, 0.2) is 36.5 Å². The van der Waals surface area contributed by atoms with Crippen molar-refractivity contribution in [3.63, 3.8) is 0 Å². The molecule has 0 radical (unpaired) electrons. The molecule has 40 heavy (non-hydrogen) atoms. The van der Waals surface area contributed by atoms with Crippen LogP contribution in [0.5, 0.6) is 11.5 Å². The number of methoxy groups -OCH3 is 1. The number of carbonyl (C=O) groups is 1. The Kier molecular flexibility index (Phi) is 9.02. The van der Waals surface area contributed by atoms with E-state index in [1.165, 1.54) is 7.11 Å². The summed E-state index contributed by atoms with van der Waals surface area (Å²) in [6, 6.07) is 6.49. The number of rotatable bonds is 11. The van der Waals surface area contributed by atoms with E-state index in [4.69, 9.17) is 9.47 Å². The van der Waals surface area contributed by atoms with E-state index in [1.807, 2.05) is 4.90 Å². The van der Waals surface area contributed by atoms with Gasteiger partial charge in [-0.3, -0.25) is 14.7 Å². The number of aromatic nitrogens is 1. The molecular formula is C29H33F4N3O4. The molecule has 0 saturated carbocycles. The monoisotopic (exact) mass is 563 g/mol. The number of nitrogens with zero attached hydrogens (tertiary/aromatic N) is 3. The molecule has 1 aromatic heterocycles. The second-order valence-corrected chi connectivity index (χ2v) is 10.3. The second kappa shape index (κ2) is 12.3. The number of hydrogen-bond donors (Lipinski definition) is 1. The van der Waals surface area contributed by atoms with Gasteiger partial charge in [0.25, 0.3) is 0 Å². The highest BCUT2D eigenvalue weighted by molar-refractivity contribution is 5.88. The van der Waals surface area contributed by atoms with Crippen LogP contribution in [0.25, 0.3) is 10.9 Å². The van der Waals surface area contributed by atoms with Gasteiger partial charge in [0, 0.05) is 43.7 Å². The first kappa shape index (κ1) is 29.4. The average Bonchev–Trinajstić information content (AvgIpc) is 2.93. The number of pyridine rings is 1. The molecule has 216 valence electrons. The minimum absolute atomic E-state index is 0.0109. The van der Waals surface area contributed by atoms with E-state index in [1.54, 1.807) is 43.4 Å². The van der Waals surface area contributed by atoms with Crippen molar-refractivity contribution in [1.29, 1.82) is 0 Å². The lowest BCUT2D eigenvalue weighted by atomic mass is 9.74. The van der Waals surface area contributed by atoms with E-state index in [0.717, 1.165) is 6.07 Å². The van der Waals surface area contributed by atoms with Gasteiger partial charge in [0.15, 0.2) is 11.6 Å². The van der Waals surface area contributed by atoms with E-state index < -0.39 is 40.8 Å². The van der Waals surface area contributed by atoms with Crippen LogP contribution in [0.3, 0.4) is 0 Å². The fourth-order valence-electron chi connectivity index (χ4n) is 5.24. The summed E-state index contributed by atoms with van der Waals surface area (Å²) in [7, 11) is 5.14. The van der Waals surface area contributed by atoms with Crippen LogP contribution in [0, 0.1) is 22.9 Å². The standard InChI is InChI=1S/C29H33F4N3O4/c1-35(2)24-17-34-23-5-4-19(39-3)16-20(23)26(24)21(31)6-7-29(28(37)38)8-10-36(11-9-29)12-13-40-25-15-18(30)14-22(32)27(25)33/h4-5,14-17,21H,6-13H2,1-3H3,(H,37,38). The highest BCUT2D eigenvalue weighted by atomic mass is 19.2. The molecule has 11 heteroatoms. The lowest BCUT2D eigenvalue weighted by Gasteiger charge is -2.39. The number of likely N-dealkylation sites (tertiary alicyclic amines) is 1. The van der Waals surface area contributed by atoms with Gasteiger partial charge in [-0.25, -0.2) is 13.2 Å². The number of carboxylic acids is 1. The summed E-state index contributed by atoms with van der Waals surface area (Å²) < 4.78 is 67.1. The third kappa shape index (κ3) is 6.24. The molecule has 1 aliphatic rings. The molecule has 0 aliphatic carbocycles. The highest BCUT2D eigenvalue weighted by Gasteiger charge is 2.42. The molecule has 1 atom stereocenters. The van der Waals surface area contributed by atoms with Crippen molar-refractivity contribution < 1.29 is 36.9 Å². The molecule has 0 bridgehead atoms. The van der Waals surface area contributed by atoms with Gasteiger partial charge < -0.3 is 19.5 Å². The molecule has 1 fully saturated rings. The molecule has 7 nitrogen and oxygen atoms in total. The zero-order valence-corrected chi connectivity index (χ0v) is 22.7. The van der Waals surface area contributed by atoms with Gasteiger partial charge >= 0.3 is 5.97 Å². The Bertz CT molecular complexity index is 1360. The number of fused-ring (bicyclic) bond motifs is 1. The summed E-state index contributed by atoms with van der Waals surface area (Å²) in [4.78, 5) is 20.6. The Morgan fingerprint density at radius 1 is 1.18 bits per heavy atom. The van der Waals surface area contributed by atoms with Crippen molar-refractivity contribution in [3.8, 4) is 11.5 Å². The third-order valence-corrected chi connectivity index (χ3v) is 7.66. The molecule has 1 aliphatic heterocycles. The Morgan fingerprint density at radius 2 is 1.90 bits per heavy atom. The minimum Gasteiger partial charge on any atom is -0.497 e. The number of hydrogen-bond acceptors (Lipinski definition) is 6. The molecule has 4 rings (SSSR count). The predicted molar refractivity (Wildman–Crippen MR) is 143 cm³/mol. The van der Waals surface area contributed by atoms with Gasteiger partial charge in [0.05, 0.1) is 29.9 Å². The van der Waals surface area contributed by atoms with Crippen LogP contribution < -0.4 is 14.4 Å². The van der Waals surface area contributed by atoms with Crippen molar-refractivity contribution in [1.82, 2.24) is 9.88 Å². The topological polar surface area (TPSA) is 75.1 Å². The molecule has 1 unspecified atom stereocenters. The fourth-order valence-corrected chi connectivity index (χ4v) is 5.24. The van der Waals surface area contributed by atoms with Crippen LogP contribution in [-0.2, 0) is 4.79 Å². The summed E-state index contributed by atoms with van der Waals surface area (Å²) in [5.41, 5.74) is 0.582. The van der Waals surface area contributed by atoms with Gasteiger partial charge in [0.2, 0.25) is 5.82 Å². The summed E-state index contributed by atoms with van der Waals surface area (Å²) in [6.07, 6.45) is 0.930. The van der Waals surface area contributed by atoms with Crippen molar-refractivity contribution in [2.45, 2.75) is 31.9 Å². The van der Waals surface area contributed by atoms with Gasteiger partial charge in [-0.05, 0) is 57.0 Å². The average molecular weight is 564 g/mol. The zero-order chi connectivity index (χ0) is 29.0. The number of carboxylic acid groups (broad SMARTS) is 1. The normalized spacial score (nSPS) is 16.1. The number of aliphatic carboxylic acids is 1. The van der Waals surface area contributed by atoms with Crippen molar-refractivity contribution in [2.24, 2.45) is 5.41 Å². The SMILES string of the molecule is COc1ccc2ncc(N(C)C)c(C(F)CCC3(C(=O)O)CCN(CCOc4cc(F)cc(F)c4F)CC3)c2c1. The molecule has 1 saturated heterocycles. The maximum atomic E-state index is 16.0. The van der Waals surface area contributed by atoms with E-state index >= 15 is 4.39 Å². The molecule has 0 spiro atoms. The van der Waals surface area contributed by atoms with Gasteiger partial charge in [-0.15, -0.1) is 0 Å². The summed E-state index contributed by atoms with van der Waals surface area (Å²) in [5.74, 6) is -4.45. The minimum atomic E-state index is -1.43. The van der Waals surface area contributed by atoms with E-state index in [0.29, 0.717) is 66.4 Å². The van der Waals surface area contributed by atoms with E-state index in [-0.39, 0.29) is 19.4 Å². The Labute approximate surface area is 230 Å². The molecule has 1 N–H and O–H groups in total. The quantitative estimate of drug-likeness (QED) is 0.235. The first-order valence-electron chi connectivity index (χ1n) is 13.1. The van der Waals surface area contributed by atoms with E-state index in [2.05, 4.69) is 4.98 Å². The highest BCUT2D eigenvalue weighted by Crippen LogP contribution is 2.43. The number of alkyl halides is 1. The fraction of sp³-hybridized carbons (Fsp3) is 0.448. The first-order valence-corrected chi connectivity index (χ1v) is 13.1. The van der Waals surface area contributed by atoms with Crippen LogP contribution in [0.2, 0.25) is 0 Å². The van der Waals surface area contributed by atoms with Crippen LogP contribution in [0.4, 0.5) is 23.2 Å². The second-order valence-electron chi connectivity index (χ2n) is 10.3. The summed E-state index contributed by atoms with van der Waals surface area (Å²) in [5, 5.41) is 10.8. The smallest absolute Gasteiger partial charge is 0.309 e. The predicted octanol–water partition coefficient (Wildman–Crippen LogP) is 5.76. The van der Waals surface area contributed by atoms with Crippen molar-refractivity contribution in [2.75, 3.05) is 52.3 Å². The molecule has 2 heterocycles.